The maximum Gasteiger partial charge on any atom is 0.339 e. The Balaban J connectivity index is 1.70. The third-order valence-corrected chi connectivity index (χ3v) is 6.38. The molecule has 0 aromatic heterocycles. The van der Waals surface area contributed by atoms with Gasteiger partial charge in [-0.1, -0.05) is 48.5 Å². The number of nitrogens with zero attached hydrogens (tertiary/aromatic N) is 2. The summed E-state index contributed by atoms with van der Waals surface area (Å²) in [6, 6.07) is 12.9. The van der Waals surface area contributed by atoms with Crippen molar-refractivity contribution in [3.63, 3.8) is 0 Å². The second kappa shape index (κ2) is 8.57. The molecule has 0 saturated carbocycles. The van der Waals surface area contributed by atoms with Crippen LogP contribution in [-0.2, 0) is 14.9 Å². The number of rotatable bonds is 6. The molecule has 7 nitrogen and oxygen atoms in total. The molecule has 2 aromatic rings. The van der Waals surface area contributed by atoms with Crippen molar-refractivity contribution in [2.24, 2.45) is 10.2 Å². The Kier molecular flexibility index (Phi) is 6.15. The molecule has 2 aromatic carbocycles. The van der Waals surface area contributed by atoms with Crippen LogP contribution in [0.3, 0.4) is 0 Å². The van der Waals surface area contributed by atoms with E-state index in [0.717, 1.165) is 5.56 Å². The molecule has 1 heterocycles. The minimum Gasteiger partial charge on any atom is -0.379 e. The highest BCUT2D eigenvalue weighted by atomic mass is 32.2. The average molecular weight is 418 g/mol. The summed E-state index contributed by atoms with van der Waals surface area (Å²) in [6.45, 7) is 3.81. The number of amides is 1. The van der Waals surface area contributed by atoms with Crippen LogP contribution in [-0.4, -0.2) is 31.0 Å². The zero-order valence-electron chi connectivity index (χ0n) is 15.3. The lowest BCUT2D eigenvalue weighted by Crippen LogP contribution is -2.24. The van der Waals surface area contributed by atoms with Crippen LogP contribution >= 0.6 is 11.8 Å². The van der Waals surface area contributed by atoms with Gasteiger partial charge in [0.15, 0.2) is 5.17 Å². The maximum atomic E-state index is 12.4. The fourth-order valence-electron chi connectivity index (χ4n) is 2.40. The molecule has 1 unspecified atom stereocenters. The van der Waals surface area contributed by atoms with Crippen molar-refractivity contribution in [2.75, 3.05) is 0 Å². The van der Waals surface area contributed by atoms with Gasteiger partial charge in [-0.25, -0.2) is 0 Å². The largest absolute Gasteiger partial charge is 0.379 e. The van der Waals surface area contributed by atoms with E-state index in [1.165, 1.54) is 30.1 Å². The fourth-order valence-corrected chi connectivity index (χ4v) is 4.17. The first-order chi connectivity index (χ1) is 13.4. The number of nitrogens with one attached hydrogen (secondary N) is 1. The molecule has 1 atom stereocenters. The number of amidine groups is 1. The number of carbonyl (C=O) groups is 1. The summed E-state index contributed by atoms with van der Waals surface area (Å²) in [5.74, 6) is 0.102. The van der Waals surface area contributed by atoms with Crippen molar-refractivity contribution >= 4 is 39.2 Å². The van der Waals surface area contributed by atoms with Gasteiger partial charge in [0.1, 0.15) is 10.6 Å². The van der Waals surface area contributed by atoms with E-state index in [1.807, 2.05) is 13.8 Å². The molecule has 0 radical (unpaired) electrons. The summed E-state index contributed by atoms with van der Waals surface area (Å²) in [4.78, 5) is 11.7. The van der Waals surface area contributed by atoms with E-state index in [9.17, 15) is 13.2 Å². The summed E-state index contributed by atoms with van der Waals surface area (Å²) < 4.78 is 30.0. The Bertz CT molecular complexity index is 1030. The van der Waals surface area contributed by atoms with Gasteiger partial charge in [-0.3, -0.25) is 4.79 Å². The summed E-state index contributed by atoms with van der Waals surface area (Å²) in [5, 5.41) is 10.9. The minimum atomic E-state index is -3.92. The Labute approximate surface area is 168 Å². The summed E-state index contributed by atoms with van der Waals surface area (Å²) >= 11 is 1.34. The predicted molar refractivity (Wildman–Crippen MR) is 110 cm³/mol. The van der Waals surface area contributed by atoms with Crippen LogP contribution < -0.4 is 9.50 Å². The van der Waals surface area contributed by atoms with E-state index in [1.54, 1.807) is 36.4 Å². The van der Waals surface area contributed by atoms with Crippen LogP contribution in [0.2, 0.25) is 0 Å². The normalized spacial score (nSPS) is 18.6. The van der Waals surface area contributed by atoms with Crippen molar-refractivity contribution in [3.05, 3.63) is 59.7 Å². The quantitative estimate of drug-likeness (QED) is 0.443. The average Bonchev–Trinajstić information content (AvgIpc) is 3.02. The molecule has 9 heteroatoms. The summed E-state index contributed by atoms with van der Waals surface area (Å²) in [6.07, 6.45) is 2.18. The maximum absolute atomic E-state index is 12.4. The van der Waals surface area contributed by atoms with E-state index in [0.29, 0.717) is 17.2 Å². The van der Waals surface area contributed by atoms with Crippen LogP contribution in [0.1, 0.15) is 24.5 Å². The lowest BCUT2D eigenvalue weighted by molar-refractivity contribution is -0.118. The molecule has 0 bridgehead atoms. The number of carbonyl (C=O) groups excluding carboxylic acids is 1. The standard InChI is InChI=1S/C19H19N3O4S2/c1-3-17-18(23)21-19(27-17)22-20-12-14-5-4-6-15(11-14)26-28(24,25)16-9-7-13(2)8-10-16/h4-12,17H,3H2,1-2H3,(H,21,22,23)/b20-12+. The molecule has 28 heavy (non-hydrogen) atoms. The van der Waals surface area contributed by atoms with E-state index in [2.05, 4.69) is 15.5 Å². The smallest absolute Gasteiger partial charge is 0.339 e. The van der Waals surface area contributed by atoms with Crippen LogP contribution in [0.4, 0.5) is 0 Å². The molecule has 1 aliphatic rings. The number of benzene rings is 2. The Morgan fingerprint density at radius 3 is 2.64 bits per heavy atom. The molecule has 1 amide bonds. The lowest BCUT2D eigenvalue weighted by atomic mass is 10.2. The van der Waals surface area contributed by atoms with Crippen LogP contribution in [0.5, 0.6) is 5.75 Å². The molecule has 1 aliphatic heterocycles. The van der Waals surface area contributed by atoms with Gasteiger partial charge in [-0.05, 0) is 43.2 Å². The second-order valence-electron chi connectivity index (χ2n) is 6.08. The van der Waals surface area contributed by atoms with Gasteiger partial charge in [0, 0.05) is 0 Å². The summed E-state index contributed by atoms with van der Waals surface area (Å²) in [7, 11) is -3.92. The Morgan fingerprint density at radius 2 is 1.96 bits per heavy atom. The Morgan fingerprint density at radius 1 is 1.21 bits per heavy atom. The van der Waals surface area contributed by atoms with Gasteiger partial charge < -0.3 is 9.50 Å². The molecule has 3 rings (SSSR count). The SMILES string of the molecule is CCC1S/C(=N/N=C/c2cccc(OS(=O)(=O)c3ccc(C)cc3)c2)NC1=O. The number of hydrogen-bond donors (Lipinski definition) is 1. The molecule has 1 fully saturated rings. The van der Waals surface area contributed by atoms with Crippen LogP contribution in [0, 0.1) is 6.92 Å². The van der Waals surface area contributed by atoms with Gasteiger partial charge in [0.25, 0.3) is 0 Å². The van der Waals surface area contributed by atoms with Gasteiger partial charge in [-0.15, -0.1) is 5.10 Å². The van der Waals surface area contributed by atoms with Crippen molar-refractivity contribution in [1.29, 1.82) is 0 Å². The minimum absolute atomic E-state index is 0.0711. The number of thioether (sulfide) groups is 1. The van der Waals surface area contributed by atoms with Gasteiger partial charge in [-0.2, -0.15) is 13.5 Å². The summed E-state index contributed by atoms with van der Waals surface area (Å²) in [5.41, 5.74) is 1.57. The molecule has 1 N–H and O–H groups in total. The van der Waals surface area contributed by atoms with E-state index in [-0.39, 0.29) is 21.8 Å². The van der Waals surface area contributed by atoms with E-state index < -0.39 is 10.1 Å². The first-order valence-electron chi connectivity index (χ1n) is 8.57. The highest BCUT2D eigenvalue weighted by Crippen LogP contribution is 2.22. The van der Waals surface area contributed by atoms with Gasteiger partial charge >= 0.3 is 10.1 Å². The Hall–Kier alpha value is -2.65. The second-order valence-corrected chi connectivity index (χ2v) is 8.81. The number of aryl methyl sites for hydroxylation is 1. The fraction of sp³-hybridized carbons (Fsp3) is 0.211. The zero-order chi connectivity index (χ0) is 20.1. The molecule has 146 valence electrons. The van der Waals surface area contributed by atoms with Gasteiger partial charge in [0.2, 0.25) is 5.91 Å². The molecule has 1 saturated heterocycles. The molecular weight excluding hydrogens is 398 g/mol. The third kappa shape index (κ3) is 4.99. The van der Waals surface area contributed by atoms with E-state index in [4.69, 9.17) is 4.18 Å². The van der Waals surface area contributed by atoms with Crippen molar-refractivity contribution < 1.29 is 17.4 Å². The molecular formula is C19H19N3O4S2. The van der Waals surface area contributed by atoms with Crippen LogP contribution in [0.15, 0.2) is 63.6 Å². The molecule has 0 aliphatic carbocycles. The first-order valence-corrected chi connectivity index (χ1v) is 10.9. The van der Waals surface area contributed by atoms with Gasteiger partial charge in [0.05, 0.1) is 11.5 Å². The van der Waals surface area contributed by atoms with Crippen molar-refractivity contribution in [3.8, 4) is 5.75 Å². The van der Waals surface area contributed by atoms with E-state index >= 15 is 0 Å². The zero-order valence-corrected chi connectivity index (χ0v) is 17.0. The topological polar surface area (TPSA) is 97.2 Å². The highest BCUT2D eigenvalue weighted by Gasteiger charge is 2.28. The first kappa shape index (κ1) is 20.1. The monoisotopic (exact) mass is 417 g/mol. The molecule has 0 spiro atoms. The predicted octanol–water partition coefficient (Wildman–Crippen LogP) is 3.09. The van der Waals surface area contributed by atoms with Crippen LogP contribution in [0.25, 0.3) is 0 Å². The van der Waals surface area contributed by atoms with Crippen molar-refractivity contribution in [2.45, 2.75) is 30.4 Å². The number of hydrogen-bond acceptors (Lipinski definition) is 7. The van der Waals surface area contributed by atoms with Crippen molar-refractivity contribution in [1.82, 2.24) is 5.32 Å². The highest BCUT2D eigenvalue weighted by molar-refractivity contribution is 8.15. The third-order valence-electron chi connectivity index (χ3n) is 3.88. The lowest BCUT2D eigenvalue weighted by Gasteiger charge is -2.07.